The maximum atomic E-state index is 10.1. The Morgan fingerprint density at radius 1 is 1.35 bits per heavy atom. The van der Waals surface area contributed by atoms with Crippen LogP contribution in [0.25, 0.3) is 0 Å². The second-order valence-corrected chi connectivity index (χ2v) is 3.36. The number of rotatable bonds is 5. The molecule has 1 aliphatic rings. The van der Waals surface area contributed by atoms with E-state index in [9.17, 15) is 9.90 Å². The Morgan fingerprint density at radius 3 is 2.88 bits per heavy atom. The second-order valence-electron chi connectivity index (χ2n) is 3.36. The SMILES string of the molecule is O=C([O-])COCCc1ccc2c(c1)OCO2.[Na+]. The summed E-state index contributed by atoms with van der Waals surface area (Å²) in [5.74, 6) is 0.252. The average molecular weight is 246 g/mol. The Hall–Kier alpha value is -0.750. The van der Waals surface area contributed by atoms with Crippen molar-refractivity contribution in [3.63, 3.8) is 0 Å². The number of carboxylic acid groups (broad SMARTS) is 1. The van der Waals surface area contributed by atoms with Gasteiger partial charge in [-0.2, -0.15) is 0 Å². The molecule has 0 unspecified atom stereocenters. The van der Waals surface area contributed by atoms with Gasteiger partial charge in [-0.1, -0.05) is 6.07 Å². The summed E-state index contributed by atoms with van der Waals surface area (Å²) in [4.78, 5) is 10.1. The Kier molecular flexibility index (Phi) is 5.77. The number of carbonyl (C=O) groups excluding carboxylic acids is 1. The van der Waals surface area contributed by atoms with Crippen LogP contribution in [0.15, 0.2) is 18.2 Å². The van der Waals surface area contributed by atoms with E-state index in [0.717, 1.165) is 17.1 Å². The van der Waals surface area contributed by atoms with Crippen LogP contribution in [-0.4, -0.2) is 26.0 Å². The van der Waals surface area contributed by atoms with Crippen LogP contribution in [0.4, 0.5) is 0 Å². The summed E-state index contributed by atoms with van der Waals surface area (Å²) >= 11 is 0. The third-order valence-electron chi connectivity index (χ3n) is 2.19. The van der Waals surface area contributed by atoms with Gasteiger partial charge >= 0.3 is 29.6 Å². The van der Waals surface area contributed by atoms with Crippen LogP contribution < -0.4 is 44.1 Å². The fraction of sp³-hybridized carbons (Fsp3) is 0.364. The number of ether oxygens (including phenoxy) is 3. The monoisotopic (exact) mass is 246 g/mol. The zero-order valence-corrected chi connectivity index (χ0v) is 11.6. The van der Waals surface area contributed by atoms with Crippen LogP contribution in [0.3, 0.4) is 0 Å². The molecule has 17 heavy (non-hydrogen) atoms. The predicted molar refractivity (Wildman–Crippen MR) is 52.1 cm³/mol. The van der Waals surface area contributed by atoms with Crippen molar-refractivity contribution in [3.05, 3.63) is 23.8 Å². The molecule has 5 nitrogen and oxygen atoms in total. The molecule has 0 aliphatic carbocycles. The normalized spacial score (nSPS) is 12.0. The van der Waals surface area contributed by atoms with E-state index in [4.69, 9.17) is 14.2 Å². The summed E-state index contributed by atoms with van der Waals surface area (Å²) in [6.07, 6.45) is 0.629. The molecule has 0 bridgehead atoms. The molecule has 0 radical (unpaired) electrons. The number of hydrogen-bond donors (Lipinski definition) is 0. The van der Waals surface area contributed by atoms with E-state index in [2.05, 4.69) is 0 Å². The number of benzene rings is 1. The summed E-state index contributed by atoms with van der Waals surface area (Å²) in [6, 6.07) is 5.59. The molecule has 1 aromatic rings. The van der Waals surface area contributed by atoms with E-state index < -0.39 is 5.97 Å². The van der Waals surface area contributed by atoms with Crippen molar-refractivity contribution in [3.8, 4) is 11.5 Å². The van der Waals surface area contributed by atoms with E-state index >= 15 is 0 Å². The first-order valence-electron chi connectivity index (χ1n) is 4.92. The van der Waals surface area contributed by atoms with Crippen molar-refractivity contribution < 1.29 is 53.7 Å². The van der Waals surface area contributed by atoms with Gasteiger partial charge in [0.15, 0.2) is 11.5 Å². The summed E-state index contributed by atoms with van der Waals surface area (Å²) in [7, 11) is 0. The summed E-state index contributed by atoms with van der Waals surface area (Å²) in [6.45, 7) is 0.220. The maximum Gasteiger partial charge on any atom is 1.00 e. The van der Waals surface area contributed by atoms with Gasteiger partial charge in [0.05, 0.1) is 19.2 Å². The van der Waals surface area contributed by atoms with Gasteiger partial charge in [0.2, 0.25) is 6.79 Å². The van der Waals surface area contributed by atoms with E-state index in [-0.39, 0.29) is 43.0 Å². The van der Waals surface area contributed by atoms with E-state index in [1.54, 1.807) is 0 Å². The van der Waals surface area contributed by atoms with Crippen molar-refractivity contribution in [2.75, 3.05) is 20.0 Å². The van der Waals surface area contributed by atoms with Gasteiger partial charge in [0, 0.05) is 0 Å². The van der Waals surface area contributed by atoms with Crippen LogP contribution in [-0.2, 0) is 16.0 Å². The van der Waals surface area contributed by atoms with Crippen molar-refractivity contribution in [2.24, 2.45) is 0 Å². The molecule has 0 saturated heterocycles. The zero-order valence-electron chi connectivity index (χ0n) is 9.60. The molecule has 0 saturated carbocycles. The minimum absolute atomic E-state index is 0. The molecule has 1 aliphatic heterocycles. The third kappa shape index (κ3) is 4.20. The number of aliphatic carboxylic acids is 1. The number of carbonyl (C=O) groups is 1. The molecule has 0 spiro atoms. The second kappa shape index (κ2) is 6.86. The molecule has 1 heterocycles. The topological polar surface area (TPSA) is 67.8 Å². The first-order chi connectivity index (χ1) is 7.75. The number of carboxylic acids is 1. The Morgan fingerprint density at radius 2 is 2.12 bits per heavy atom. The zero-order chi connectivity index (χ0) is 11.4. The van der Waals surface area contributed by atoms with E-state index in [1.807, 2.05) is 18.2 Å². The van der Waals surface area contributed by atoms with Crippen LogP contribution in [0.2, 0.25) is 0 Å². The van der Waals surface area contributed by atoms with Gasteiger partial charge in [0.1, 0.15) is 0 Å². The first kappa shape index (κ1) is 14.3. The average Bonchev–Trinajstić information content (AvgIpc) is 2.71. The molecule has 1 aromatic carbocycles. The standard InChI is InChI=1S/C11H12O5.Na/c12-11(13)6-14-4-3-8-1-2-9-10(5-8)16-7-15-9;/h1-2,5H,3-4,6-7H2,(H,12,13);/q;+1/p-1. The minimum Gasteiger partial charge on any atom is -0.548 e. The van der Waals surface area contributed by atoms with Crippen molar-refractivity contribution in [2.45, 2.75) is 6.42 Å². The van der Waals surface area contributed by atoms with Gasteiger partial charge in [0.25, 0.3) is 0 Å². The molecule has 0 fully saturated rings. The molecule has 2 rings (SSSR count). The minimum atomic E-state index is -1.20. The number of fused-ring (bicyclic) bond motifs is 1. The Bertz CT molecular complexity index is 393. The quantitative estimate of drug-likeness (QED) is 0.403. The molecule has 0 aromatic heterocycles. The predicted octanol–water partition coefficient (Wildman–Crippen LogP) is -3.27. The van der Waals surface area contributed by atoms with E-state index in [0.29, 0.717) is 13.0 Å². The summed E-state index contributed by atoms with van der Waals surface area (Å²) < 4.78 is 15.3. The number of hydrogen-bond acceptors (Lipinski definition) is 5. The largest absolute Gasteiger partial charge is 1.00 e. The fourth-order valence-electron chi connectivity index (χ4n) is 1.44. The first-order valence-corrected chi connectivity index (χ1v) is 4.92. The van der Waals surface area contributed by atoms with Gasteiger partial charge in [-0.3, -0.25) is 0 Å². The summed E-state index contributed by atoms with van der Waals surface area (Å²) in [5, 5.41) is 10.1. The van der Waals surface area contributed by atoms with Gasteiger partial charge in [-0.25, -0.2) is 0 Å². The van der Waals surface area contributed by atoms with Crippen molar-refractivity contribution >= 4 is 5.97 Å². The van der Waals surface area contributed by atoms with Crippen molar-refractivity contribution in [1.82, 2.24) is 0 Å². The molecule has 0 N–H and O–H groups in total. The molecular formula is C11H11NaO5. The Balaban J connectivity index is 0.00000144. The molecule has 0 amide bonds. The van der Waals surface area contributed by atoms with Gasteiger partial charge in [-0.05, 0) is 24.1 Å². The van der Waals surface area contributed by atoms with Crippen LogP contribution in [0, 0.1) is 0 Å². The Labute approximate surface area is 121 Å². The fourth-order valence-corrected chi connectivity index (χ4v) is 1.44. The third-order valence-corrected chi connectivity index (χ3v) is 2.19. The molecule has 0 atom stereocenters. The van der Waals surface area contributed by atoms with Gasteiger partial charge < -0.3 is 24.1 Å². The summed E-state index contributed by atoms with van der Waals surface area (Å²) in [5.41, 5.74) is 1.02. The van der Waals surface area contributed by atoms with Crippen LogP contribution in [0.1, 0.15) is 5.56 Å². The van der Waals surface area contributed by atoms with Crippen LogP contribution >= 0.6 is 0 Å². The maximum absolute atomic E-state index is 10.1. The molecule has 86 valence electrons. The van der Waals surface area contributed by atoms with Gasteiger partial charge in [-0.15, -0.1) is 0 Å². The van der Waals surface area contributed by atoms with Crippen molar-refractivity contribution in [1.29, 1.82) is 0 Å². The molecular weight excluding hydrogens is 235 g/mol. The van der Waals surface area contributed by atoms with Crippen LogP contribution in [0.5, 0.6) is 11.5 Å². The van der Waals surface area contributed by atoms with E-state index in [1.165, 1.54) is 0 Å². The molecule has 6 heteroatoms. The smallest absolute Gasteiger partial charge is 0.548 e.